The molecule has 3 fully saturated rings. The van der Waals surface area contributed by atoms with Gasteiger partial charge in [0, 0.05) is 23.3 Å². The van der Waals surface area contributed by atoms with Gasteiger partial charge in [0.05, 0.1) is 46.9 Å². The second-order valence-electron chi connectivity index (χ2n) is 12.8. The van der Waals surface area contributed by atoms with E-state index in [0.717, 1.165) is 77.4 Å². The highest BCUT2D eigenvalue weighted by Crippen LogP contribution is 2.50. The van der Waals surface area contributed by atoms with Crippen LogP contribution >= 0.6 is 22.7 Å². The van der Waals surface area contributed by atoms with Gasteiger partial charge in [-0.3, -0.25) is 9.59 Å². The van der Waals surface area contributed by atoms with Gasteiger partial charge in [-0.2, -0.15) is 0 Å². The minimum absolute atomic E-state index is 0.00857. The number of likely N-dealkylation sites (tertiary alicyclic amines) is 2. The molecule has 4 aromatic heterocycles. The topological polar surface area (TPSA) is 124 Å². The highest BCUT2D eigenvalue weighted by Gasteiger charge is 2.50. The lowest BCUT2D eigenvalue weighted by molar-refractivity contribution is 0.0574. The standard InChI is InChI=1S/C36H32N8O2S2/c45-35(29-17-47-19-39-29)43-13-1-2-31(43)33-37-15-27(41-33)23-7-3-21(4-8-23)22-5-9-24(10-6-22)28-16-38-34(42-28)32-25-11-12-26(14-25)44(32)36(46)30-18-48-20-40-30/h3-10,15-20,25-26,31-32H,1-2,11-14H2,(H,37,41)(H,38,42)/t25-,26-,31-,32+/m0/s1. The summed E-state index contributed by atoms with van der Waals surface area (Å²) in [5.74, 6) is 2.06. The number of carbonyl (C=O) groups excluding carboxylic acids is 2. The lowest BCUT2D eigenvalue weighted by Crippen LogP contribution is -2.40. The normalized spacial score (nSPS) is 21.8. The van der Waals surface area contributed by atoms with Crippen molar-refractivity contribution >= 4 is 34.5 Å². The smallest absolute Gasteiger partial charge is 0.274 e. The molecule has 1 saturated carbocycles. The molecule has 6 aromatic rings. The molecule has 1 aliphatic carbocycles. The zero-order chi connectivity index (χ0) is 32.2. The van der Waals surface area contributed by atoms with E-state index in [9.17, 15) is 9.59 Å². The van der Waals surface area contributed by atoms with Crippen molar-refractivity contribution in [3.63, 3.8) is 0 Å². The van der Waals surface area contributed by atoms with Gasteiger partial charge in [0.15, 0.2) is 0 Å². The minimum atomic E-state index is -0.0742. The number of hydrogen-bond acceptors (Lipinski definition) is 8. The van der Waals surface area contributed by atoms with Crippen LogP contribution in [-0.2, 0) is 0 Å². The fourth-order valence-electron chi connectivity index (χ4n) is 7.81. The largest absolute Gasteiger partial charge is 0.340 e. The number of aromatic nitrogens is 6. The van der Waals surface area contributed by atoms with Gasteiger partial charge in [-0.15, -0.1) is 22.7 Å². The Labute approximate surface area is 284 Å². The molecule has 2 aromatic carbocycles. The first-order valence-electron chi connectivity index (χ1n) is 16.3. The van der Waals surface area contributed by atoms with Crippen LogP contribution in [0.5, 0.6) is 0 Å². The minimum Gasteiger partial charge on any atom is -0.340 e. The number of amides is 2. The zero-order valence-corrected chi connectivity index (χ0v) is 27.6. The van der Waals surface area contributed by atoms with Crippen LogP contribution < -0.4 is 0 Å². The van der Waals surface area contributed by atoms with E-state index in [1.54, 1.807) is 16.4 Å². The average molecular weight is 673 g/mol. The third kappa shape index (κ3) is 5.06. The molecule has 48 heavy (non-hydrogen) atoms. The molecule has 3 aliphatic rings. The van der Waals surface area contributed by atoms with E-state index < -0.39 is 0 Å². The second-order valence-corrected chi connectivity index (χ2v) is 14.2. The van der Waals surface area contributed by atoms with Crippen LogP contribution in [0.15, 0.2) is 82.7 Å². The summed E-state index contributed by atoms with van der Waals surface area (Å²) in [6, 6.07) is 17.1. The number of nitrogens with zero attached hydrogens (tertiary/aromatic N) is 6. The third-order valence-corrected chi connectivity index (χ3v) is 11.3. The second kappa shape index (κ2) is 11.9. The monoisotopic (exact) mass is 672 g/mol. The van der Waals surface area contributed by atoms with E-state index in [-0.39, 0.29) is 29.9 Å². The van der Waals surface area contributed by atoms with Gasteiger partial charge in [0.1, 0.15) is 23.0 Å². The molecule has 2 N–H and O–H groups in total. The number of fused-ring (bicyclic) bond motifs is 2. The summed E-state index contributed by atoms with van der Waals surface area (Å²) in [7, 11) is 0. The predicted molar refractivity (Wildman–Crippen MR) is 184 cm³/mol. The Balaban J connectivity index is 0.891. The molecule has 2 amide bonds. The Kier molecular flexibility index (Phi) is 7.27. The van der Waals surface area contributed by atoms with Crippen LogP contribution in [0.1, 0.15) is 76.8 Å². The van der Waals surface area contributed by atoms with Crippen LogP contribution in [-0.4, -0.2) is 64.1 Å². The summed E-state index contributed by atoms with van der Waals surface area (Å²) < 4.78 is 0. The van der Waals surface area contributed by atoms with Crippen molar-refractivity contribution in [3.8, 4) is 33.6 Å². The first-order valence-corrected chi connectivity index (χ1v) is 18.2. The Morgan fingerprint density at radius 3 is 1.90 bits per heavy atom. The molecule has 2 aliphatic heterocycles. The molecule has 240 valence electrons. The Bertz CT molecular complexity index is 2070. The van der Waals surface area contributed by atoms with Crippen LogP contribution in [0, 0.1) is 5.92 Å². The van der Waals surface area contributed by atoms with Crippen molar-refractivity contribution in [1.82, 2.24) is 39.7 Å². The zero-order valence-electron chi connectivity index (χ0n) is 26.0. The lowest BCUT2D eigenvalue weighted by Gasteiger charge is -2.33. The maximum atomic E-state index is 13.4. The van der Waals surface area contributed by atoms with Gasteiger partial charge < -0.3 is 19.8 Å². The highest BCUT2D eigenvalue weighted by molar-refractivity contribution is 7.08. The van der Waals surface area contributed by atoms with Gasteiger partial charge in [0.25, 0.3) is 11.8 Å². The molecule has 10 nitrogen and oxygen atoms in total. The van der Waals surface area contributed by atoms with Crippen molar-refractivity contribution in [2.75, 3.05) is 6.54 Å². The summed E-state index contributed by atoms with van der Waals surface area (Å²) >= 11 is 2.88. The Morgan fingerprint density at radius 1 is 0.688 bits per heavy atom. The van der Waals surface area contributed by atoms with E-state index >= 15 is 0 Å². The van der Waals surface area contributed by atoms with Crippen molar-refractivity contribution in [2.45, 2.75) is 50.2 Å². The number of aromatic amines is 2. The summed E-state index contributed by atoms with van der Waals surface area (Å²) in [5.41, 5.74) is 10.6. The number of benzene rings is 2. The molecule has 0 spiro atoms. The molecule has 4 atom stereocenters. The Morgan fingerprint density at radius 2 is 1.27 bits per heavy atom. The lowest BCUT2D eigenvalue weighted by atomic mass is 9.97. The number of H-pyrrole nitrogens is 2. The summed E-state index contributed by atoms with van der Waals surface area (Å²) in [4.78, 5) is 55.3. The van der Waals surface area contributed by atoms with Gasteiger partial charge in [-0.05, 0) is 60.3 Å². The quantitative estimate of drug-likeness (QED) is 0.182. The first kappa shape index (κ1) is 29.2. The first-order chi connectivity index (χ1) is 23.6. The van der Waals surface area contributed by atoms with E-state index in [1.165, 1.54) is 22.7 Å². The highest BCUT2D eigenvalue weighted by atomic mass is 32.1. The van der Waals surface area contributed by atoms with Gasteiger partial charge in [-0.1, -0.05) is 48.5 Å². The Hall–Kier alpha value is -4.94. The maximum absolute atomic E-state index is 13.4. The van der Waals surface area contributed by atoms with Crippen LogP contribution in [0.2, 0.25) is 0 Å². The average Bonchev–Trinajstić information content (AvgIpc) is 3.98. The number of hydrogen-bond donors (Lipinski definition) is 2. The van der Waals surface area contributed by atoms with Crippen molar-refractivity contribution < 1.29 is 9.59 Å². The number of imidazole rings is 2. The molecular formula is C36H32N8O2S2. The summed E-state index contributed by atoms with van der Waals surface area (Å²) in [6.07, 6.45) is 8.76. The summed E-state index contributed by atoms with van der Waals surface area (Å²) in [6.45, 7) is 0.709. The van der Waals surface area contributed by atoms with E-state index in [4.69, 9.17) is 4.98 Å². The number of carbonyl (C=O) groups is 2. The van der Waals surface area contributed by atoms with Gasteiger partial charge in [-0.25, -0.2) is 19.9 Å². The molecular weight excluding hydrogens is 641 g/mol. The molecule has 9 rings (SSSR count). The fraction of sp³-hybridized carbons (Fsp3) is 0.278. The predicted octanol–water partition coefficient (Wildman–Crippen LogP) is 7.39. The molecule has 2 bridgehead atoms. The molecule has 12 heteroatoms. The summed E-state index contributed by atoms with van der Waals surface area (Å²) in [5, 5.41) is 3.64. The van der Waals surface area contributed by atoms with E-state index in [2.05, 4.69) is 73.5 Å². The van der Waals surface area contributed by atoms with Crippen LogP contribution in [0.25, 0.3) is 33.6 Å². The number of thiazole rings is 2. The SMILES string of the molecule is O=C(c1cscn1)N1CCC[C@H]1c1ncc(-c2ccc(-c3ccc(-c4cnc([C@H]5[C@H]6CC[C@@H](C6)N5C(=O)c5cscn5)[nH]4)cc3)cc2)[nH]1. The molecule has 0 radical (unpaired) electrons. The fourth-order valence-corrected chi connectivity index (χ4v) is 8.86. The van der Waals surface area contributed by atoms with E-state index in [1.807, 2.05) is 27.6 Å². The number of nitrogens with one attached hydrogen (secondary N) is 2. The third-order valence-electron chi connectivity index (χ3n) is 10.1. The van der Waals surface area contributed by atoms with Crippen molar-refractivity contribution in [2.24, 2.45) is 5.92 Å². The van der Waals surface area contributed by atoms with Crippen molar-refractivity contribution in [3.05, 3.63) is 106 Å². The molecule has 6 heterocycles. The van der Waals surface area contributed by atoms with Crippen molar-refractivity contribution in [1.29, 1.82) is 0 Å². The van der Waals surface area contributed by atoms with Crippen LogP contribution in [0.3, 0.4) is 0 Å². The number of rotatable bonds is 7. The number of piperidine rings is 1. The van der Waals surface area contributed by atoms with E-state index in [0.29, 0.717) is 23.9 Å². The molecule has 0 unspecified atom stereocenters. The van der Waals surface area contributed by atoms with Gasteiger partial charge in [0.2, 0.25) is 0 Å². The molecule has 2 saturated heterocycles. The maximum Gasteiger partial charge on any atom is 0.274 e. The van der Waals surface area contributed by atoms with Gasteiger partial charge >= 0.3 is 0 Å². The van der Waals surface area contributed by atoms with Crippen LogP contribution in [0.4, 0.5) is 0 Å².